The molecule has 0 aliphatic heterocycles. The molecule has 82 heavy (non-hydrogen) atoms. The van der Waals surface area contributed by atoms with Gasteiger partial charge in [0, 0.05) is 0 Å². The van der Waals surface area contributed by atoms with E-state index in [0.717, 1.165) is 43.8 Å². The van der Waals surface area contributed by atoms with E-state index in [1.54, 1.807) is 0 Å². The number of hydrogen-bond donors (Lipinski definition) is 0. The third kappa shape index (κ3) is 7.68. The quantitative estimate of drug-likeness (QED) is 0.133. The zero-order valence-electron chi connectivity index (χ0n) is 45.0. The summed E-state index contributed by atoms with van der Waals surface area (Å²) in [6.45, 7) is 0. The van der Waals surface area contributed by atoms with Crippen LogP contribution in [0.4, 0.5) is 0 Å². The van der Waals surface area contributed by atoms with Gasteiger partial charge in [-0.2, -0.15) is 0 Å². The second-order valence-corrected chi connectivity index (χ2v) is 21.7. The molecule has 0 heterocycles. The zero-order chi connectivity index (χ0) is 54.1. The summed E-state index contributed by atoms with van der Waals surface area (Å²) in [6.07, 6.45) is 0. The van der Waals surface area contributed by atoms with E-state index in [-0.39, 0.29) is 0 Å². The van der Waals surface area contributed by atoms with Gasteiger partial charge < -0.3 is 0 Å². The van der Waals surface area contributed by atoms with Gasteiger partial charge in [-0.15, -0.1) is 0 Å². The highest BCUT2D eigenvalue weighted by molar-refractivity contribution is 6.23. The summed E-state index contributed by atoms with van der Waals surface area (Å²) in [5, 5.41) is 16.9. The minimum absolute atomic E-state index is 1.14. The molecule has 0 unspecified atom stereocenters. The Morgan fingerprint density at radius 3 is 0.500 bits per heavy atom. The lowest BCUT2D eigenvalue weighted by molar-refractivity contribution is 1.36. The molecule has 10 bridgehead atoms. The van der Waals surface area contributed by atoms with E-state index in [1.807, 2.05) is 0 Å². The van der Waals surface area contributed by atoms with Crippen LogP contribution in [0.25, 0.3) is 121 Å². The Bertz CT molecular complexity index is 4930. The first-order valence-electron chi connectivity index (χ1n) is 28.5. The average molecular weight is 1040 g/mol. The SMILES string of the molecule is c1ccc(-c2c(-c3ccccc3)c(-c3ccccc3)c3c(c2-c2ccccc2)=c2ccc(cc2)=c2c(-c4ccccc4)c(-c4ccccc4)c(-c4ccccc4)c(-c4ccccc4)c2=c2cc4ccc5cc=3cc3ccc(c2)c4c53)cc1. The lowest BCUT2D eigenvalue weighted by Gasteiger charge is -2.24. The van der Waals surface area contributed by atoms with Crippen LogP contribution < -0.4 is 0 Å². The van der Waals surface area contributed by atoms with E-state index < -0.39 is 0 Å². The highest BCUT2D eigenvalue weighted by Gasteiger charge is 2.26. The molecule has 8 aliphatic carbocycles. The summed E-state index contributed by atoms with van der Waals surface area (Å²) in [5.74, 6) is 0. The molecule has 0 heteroatoms. The average Bonchev–Trinajstić information content (AvgIpc) is 1.38. The monoisotopic (exact) mass is 1040 g/mol. The van der Waals surface area contributed by atoms with Crippen molar-refractivity contribution < 1.29 is 0 Å². The fourth-order valence-electron chi connectivity index (χ4n) is 13.7. The van der Waals surface area contributed by atoms with Crippen LogP contribution in [-0.4, -0.2) is 0 Å². The Morgan fingerprint density at radius 2 is 0.305 bits per heavy atom. The molecule has 15 aromatic rings. The second kappa shape index (κ2) is 19.6. The summed E-state index contributed by atoms with van der Waals surface area (Å²) < 4.78 is 0. The molecule has 8 aliphatic rings. The predicted molar refractivity (Wildman–Crippen MR) is 344 cm³/mol. The van der Waals surface area contributed by atoms with E-state index in [2.05, 4.69) is 315 Å². The predicted octanol–water partition coefficient (Wildman–Crippen LogP) is 21.4. The van der Waals surface area contributed by atoms with Gasteiger partial charge in [0.15, 0.2) is 0 Å². The molecule has 0 saturated carbocycles. The molecule has 0 amide bonds. The molecule has 0 saturated heterocycles. The zero-order valence-corrected chi connectivity index (χ0v) is 45.0. The fraction of sp³-hybridized carbons (Fsp3) is 0. The van der Waals surface area contributed by atoms with Gasteiger partial charge in [-0.05, 0) is 187 Å². The van der Waals surface area contributed by atoms with Gasteiger partial charge in [0.05, 0.1) is 0 Å². The van der Waals surface area contributed by atoms with Gasteiger partial charge in [0.2, 0.25) is 0 Å². The number of benzene rings is 15. The van der Waals surface area contributed by atoms with Crippen LogP contribution in [0, 0.1) is 41.7 Å². The molecule has 15 aromatic carbocycles. The molecule has 23 rings (SSSR count). The largest absolute Gasteiger partial charge is 0.0622 e. The molecule has 0 atom stereocenters. The Labute approximate surface area is 475 Å². The second-order valence-electron chi connectivity index (χ2n) is 21.7. The maximum atomic E-state index is 2.48. The summed E-state index contributed by atoms with van der Waals surface area (Å²) in [4.78, 5) is 0. The third-order valence-electron chi connectivity index (χ3n) is 17.1. The summed E-state index contributed by atoms with van der Waals surface area (Å²) in [6, 6.07) is 118. The van der Waals surface area contributed by atoms with Crippen molar-refractivity contribution in [2.24, 2.45) is 0 Å². The van der Waals surface area contributed by atoms with Crippen molar-refractivity contribution in [2.75, 3.05) is 0 Å². The smallest absolute Gasteiger partial charge is 0.00134 e. The van der Waals surface area contributed by atoms with Crippen LogP contribution in [0.1, 0.15) is 0 Å². The molecular weight excluding hydrogens is 985 g/mol. The van der Waals surface area contributed by atoms with Crippen LogP contribution >= 0.6 is 0 Å². The van der Waals surface area contributed by atoms with Gasteiger partial charge in [-0.1, -0.05) is 291 Å². The molecular formula is C82H52. The van der Waals surface area contributed by atoms with Gasteiger partial charge >= 0.3 is 0 Å². The summed E-state index contributed by atoms with van der Waals surface area (Å²) in [5.41, 5.74) is 18.9. The van der Waals surface area contributed by atoms with E-state index in [4.69, 9.17) is 0 Å². The van der Waals surface area contributed by atoms with Crippen LogP contribution in [0.2, 0.25) is 0 Å². The van der Waals surface area contributed by atoms with Crippen LogP contribution in [0.5, 0.6) is 0 Å². The molecule has 380 valence electrons. The minimum atomic E-state index is 1.14. The van der Waals surface area contributed by atoms with Gasteiger partial charge in [0.1, 0.15) is 0 Å². The Hall–Kier alpha value is -10.7. The molecule has 0 spiro atoms. The number of rotatable bonds is 8. The van der Waals surface area contributed by atoms with Crippen molar-refractivity contribution in [3.63, 3.8) is 0 Å². The standard InChI is InChI=1S/C82H52/c1-9-25-53(26-10-1)71-73(55-29-13-3-14-30-55)77(59-37-21-7-22-38-59)81-67-49-63-45-47-65-51-68(52-66-48-46-64(50-67)69(63)70(65)66)82-78(60-39-23-8-24-40-60)74(56-31-15-4-16-32-56)72(54-27-11-2-12-28-54)76(58-35-19-6-20-36-58)80(82)62-43-41-61(42-44-62)79(81)75(71)57-33-17-5-18-34-57/h1-52H. The van der Waals surface area contributed by atoms with Crippen molar-refractivity contribution >= 4 is 32.3 Å². The van der Waals surface area contributed by atoms with Gasteiger partial charge in [-0.25, -0.2) is 0 Å². The third-order valence-corrected chi connectivity index (χ3v) is 17.1. The van der Waals surface area contributed by atoms with Gasteiger partial charge in [0.25, 0.3) is 0 Å². The molecule has 0 radical (unpaired) electrons. The van der Waals surface area contributed by atoms with E-state index in [1.165, 1.54) is 119 Å². The van der Waals surface area contributed by atoms with E-state index in [9.17, 15) is 0 Å². The highest BCUT2D eigenvalue weighted by Crippen LogP contribution is 2.50. The van der Waals surface area contributed by atoms with Crippen molar-refractivity contribution in [3.8, 4) is 89.0 Å². The molecule has 0 fully saturated rings. The lowest BCUT2D eigenvalue weighted by atomic mass is 9.79. The molecule has 0 aromatic heterocycles. The van der Waals surface area contributed by atoms with Crippen molar-refractivity contribution in [2.45, 2.75) is 0 Å². The summed E-state index contributed by atoms with van der Waals surface area (Å²) in [7, 11) is 0. The maximum Gasteiger partial charge on any atom is -0.00134 e. The number of hydrogen-bond acceptors (Lipinski definition) is 0. The Morgan fingerprint density at radius 1 is 0.134 bits per heavy atom. The van der Waals surface area contributed by atoms with Crippen LogP contribution in [0.3, 0.4) is 0 Å². The molecule has 0 N–H and O–H groups in total. The lowest BCUT2D eigenvalue weighted by Crippen LogP contribution is -2.01. The van der Waals surface area contributed by atoms with E-state index >= 15 is 0 Å². The van der Waals surface area contributed by atoms with Crippen LogP contribution in [-0.2, 0) is 0 Å². The highest BCUT2D eigenvalue weighted by atomic mass is 14.3. The first-order valence-corrected chi connectivity index (χ1v) is 28.5. The normalized spacial score (nSPS) is 11.7. The van der Waals surface area contributed by atoms with Crippen molar-refractivity contribution in [1.29, 1.82) is 0 Å². The van der Waals surface area contributed by atoms with Gasteiger partial charge in [-0.3, -0.25) is 0 Å². The van der Waals surface area contributed by atoms with Crippen molar-refractivity contribution in [1.82, 2.24) is 0 Å². The minimum Gasteiger partial charge on any atom is -0.0622 e. The summed E-state index contributed by atoms with van der Waals surface area (Å²) >= 11 is 0. The van der Waals surface area contributed by atoms with Crippen molar-refractivity contribution in [3.05, 3.63) is 357 Å². The maximum absolute atomic E-state index is 2.48. The fourth-order valence-corrected chi connectivity index (χ4v) is 13.7. The first kappa shape index (κ1) is 47.3. The van der Waals surface area contributed by atoms with E-state index in [0.29, 0.717) is 0 Å². The Balaban J connectivity index is 1.29. The molecule has 0 nitrogen and oxygen atoms in total. The topological polar surface area (TPSA) is 0 Å². The Kier molecular flexibility index (Phi) is 11.3. The van der Waals surface area contributed by atoms with Crippen LogP contribution in [0.15, 0.2) is 315 Å². The first-order chi connectivity index (χ1) is 40.7.